The molecule has 0 spiro atoms. The van der Waals surface area contributed by atoms with Crippen LogP contribution in [0.5, 0.6) is 5.75 Å². The van der Waals surface area contributed by atoms with E-state index in [1.54, 1.807) is 7.11 Å². The van der Waals surface area contributed by atoms with Crippen LogP contribution in [0.15, 0.2) is 54.6 Å². The molecule has 0 atom stereocenters. The largest absolute Gasteiger partial charge is 0.497 e. The Labute approximate surface area is 112 Å². The second-order valence-electron chi connectivity index (χ2n) is 3.34. The number of rotatable bonds is 2. The van der Waals surface area contributed by atoms with Crippen molar-refractivity contribution in [3.63, 3.8) is 0 Å². The Kier molecular flexibility index (Phi) is 4.45. The van der Waals surface area contributed by atoms with Crippen LogP contribution in [0.1, 0.15) is 5.56 Å². The number of halogens is 1. The van der Waals surface area contributed by atoms with Gasteiger partial charge < -0.3 is 4.74 Å². The summed E-state index contributed by atoms with van der Waals surface area (Å²) in [5.41, 5.74) is 1.04. The Bertz CT molecular complexity index is 520. The number of benzene rings is 2. The Morgan fingerprint density at radius 2 is 1.65 bits per heavy atom. The molecule has 2 aromatic rings. The molecule has 0 N–H and O–H groups in total. The van der Waals surface area contributed by atoms with Crippen molar-refractivity contribution < 1.29 is 25.9 Å². The van der Waals surface area contributed by atoms with Crippen LogP contribution in [0.25, 0.3) is 0 Å². The van der Waals surface area contributed by atoms with Gasteiger partial charge in [0.1, 0.15) is 5.75 Å². The fraction of sp³-hybridized carbons (Fsp3) is 0.0667. The zero-order chi connectivity index (χ0) is 11.9. The quantitative estimate of drug-likeness (QED) is 0.553. The van der Waals surface area contributed by atoms with Crippen LogP contribution in [0, 0.1) is 13.4 Å². The number of hydrogen-bond acceptors (Lipinski definition) is 1. The molecule has 0 aromatic heterocycles. The van der Waals surface area contributed by atoms with E-state index in [2.05, 4.69) is 34.1 Å². The average molecular weight is 335 g/mol. The molecule has 0 aliphatic heterocycles. The predicted molar refractivity (Wildman–Crippen MR) is 65.0 cm³/mol. The minimum Gasteiger partial charge on any atom is -0.497 e. The van der Waals surface area contributed by atoms with E-state index in [1.807, 2.05) is 30.3 Å². The minimum absolute atomic E-state index is 0.203. The van der Waals surface area contributed by atoms with Crippen molar-refractivity contribution in [2.24, 2.45) is 0 Å². The average Bonchev–Trinajstić information content (AvgIpc) is 2.41. The highest BCUT2D eigenvalue weighted by Gasteiger charge is 2.05. The summed E-state index contributed by atoms with van der Waals surface area (Å²) in [5.74, 6) is 4.06. The normalized spacial score (nSPS) is 9.24. The summed E-state index contributed by atoms with van der Waals surface area (Å²) in [4.78, 5) is 0. The molecular formula is C15H12IO+. The van der Waals surface area contributed by atoms with Crippen molar-refractivity contribution >= 4 is 0 Å². The maximum absolute atomic E-state index is 5.10. The van der Waals surface area contributed by atoms with Gasteiger partial charge in [-0.2, -0.15) is 0 Å². The molecule has 0 aliphatic rings. The lowest BCUT2D eigenvalue weighted by Gasteiger charge is -1.96. The van der Waals surface area contributed by atoms with Crippen molar-refractivity contribution in [2.75, 3.05) is 7.11 Å². The standard InChI is InChI=1S/C15H12IO/c1-17-15-9-7-13(8-10-15)11-12-16-14-5-3-2-4-6-14/h2-10H,1H3/q+1. The third-order valence-corrected chi connectivity index (χ3v) is 4.05. The maximum atomic E-state index is 5.10. The van der Waals surface area contributed by atoms with Gasteiger partial charge in [0.2, 0.25) is 3.57 Å². The van der Waals surface area contributed by atoms with E-state index in [-0.39, 0.29) is 21.2 Å². The summed E-state index contributed by atoms with van der Waals surface area (Å²) >= 11 is -0.203. The first-order valence-electron chi connectivity index (χ1n) is 5.22. The highest BCUT2D eigenvalue weighted by Crippen LogP contribution is 2.09. The molecule has 0 saturated carbocycles. The number of ether oxygens (including phenoxy) is 1. The monoisotopic (exact) mass is 335 g/mol. The van der Waals surface area contributed by atoms with E-state index in [1.165, 1.54) is 3.57 Å². The van der Waals surface area contributed by atoms with Gasteiger partial charge >= 0.3 is 21.2 Å². The van der Waals surface area contributed by atoms with E-state index in [0.717, 1.165) is 11.3 Å². The molecule has 2 aromatic carbocycles. The first-order chi connectivity index (χ1) is 8.38. The van der Waals surface area contributed by atoms with Crippen LogP contribution in [-0.4, -0.2) is 7.11 Å². The van der Waals surface area contributed by atoms with E-state index in [0.29, 0.717) is 0 Å². The summed E-state index contributed by atoms with van der Waals surface area (Å²) in [7, 11) is 1.67. The summed E-state index contributed by atoms with van der Waals surface area (Å²) in [5, 5.41) is 0. The van der Waals surface area contributed by atoms with Crippen LogP contribution in [0.3, 0.4) is 0 Å². The molecule has 17 heavy (non-hydrogen) atoms. The zero-order valence-electron chi connectivity index (χ0n) is 9.48. The summed E-state index contributed by atoms with van der Waals surface area (Å²) in [6.45, 7) is 0. The molecule has 84 valence electrons. The highest BCUT2D eigenvalue weighted by molar-refractivity contribution is 5.37. The van der Waals surface area contributed by atoms with E-state index < -0.39 is 0 Å². The maximum Gasteiger partial charge on any atom is 0.420 e. The van der Waals surface area contributed by atoms with Gasteiger partial charge in [-0.05, 0) is 42.3 Å². The molecule has 1 nitrogen and oxygen atoms in total. The molecule has 0 bridgehead atoms. The molecule has 2 rings (SSSR count). The molecule has 2 heteroatoms. The Morgan fingerprint density at radius 1 is 0.941 bits per heavy atom. The highest BCUT2D eigenvalue weighted by atomic mass is 127. The molecule has 0 saturated heterocycles. The smallest absolute Gasteiger partial charge is 0.420 e. The predicted octanol–water partition coefficient (Wildman–Crippen LogP) is -0.0370. The molecule has 0 aliphatic carbocycles. The Balaban J connectivity index is 2.01. The number of hydrogen-bond donors (Lipinski definition) is 0. The van der Waals surface area contributed by atoms with Crippen molar-refractivity contribution in [3.8, 4) is 15.6 Å². The second-order valence-corrected chi connectivity index (χ2v) is 5.66. The van der Waals surface area contributed by atoms with Crippen LogP contribution < -0.4 is 25.9 Å². The van der Waals surface area contributed by atoms with E-state index in [9.17, 15) is 0 Å². The van der Waals surface area contributed by atoms with Gasteiger partial charge in [-0.1, -0.05) is 18.2 Å². The molecular weight excluding hydrogens is 323 g/mol. The summed E-state index contributed by atoms with van der Waals surface area (Å²) < 4.78 is 9.73. The minimum atomic E-state index is -0.203. The van der Waals surface area contributed by atoms with Gasteiger partial charge in [0.25, 0.3) is 0 Å². The second kappa shape index (κ2) is 6.31. The molecule has 0 fully saturated rings. The summed E-state index contributed by atoms with van der Waals surface area (Å²) in [6.07, 6.45) is 0. The lowest BCUT2D eigenvalue weighted by Crippen LogP contribution is -3.59. The molecule has 0 radical (unpaired) electrons. The van der Waals surface area contributed by atoms with Crippen molar-refractivity contribution in [1.29, 1.82) is 0 Å². The molecule has 0 amide bonds. The summed E-state index contributed by atoms with van der Waals surface area (Å²) in [6, 6.07) is 18.3. The van der Waals surface area contributed by atoms with Crippen LogP contribution in [-0.2, 0) is 0 Å². The van der Waals surface area contributed by atoms with Gasteiger partial charge in [0, 0.05) is 5.56 Å². The fourth-order valence-electron chi connectivity index (χ4n) is 1.28. The van der Waals surface area contributed by atoms with Gasteiger partial charge in [0.15, 0.2) is 3.93 Å². The third kappa shape index (κ3) is 3.79. The topological polar surface area (TPSA) is 9.23 Å². The SMILES string of the molecule is COc1ccc(C#C[I+]c2ccccc2)cc1. The van der Waals surface area contributed by atoms with Crippen molar-refractivity contribution in [2.45, 2.75) is 0 Å². The number of methoxy groups -OCH3 is 1. The van der Waals surface area contributed by atoms with Crippen molar-refractivity contribution in [1.82, 2.24) is 0 Å². The van der Waals surface area contributed by atoms with Gasteiger partial charge in [-0.15, -0.1) is 0 Å². The lowest BCUT2D eigenvalue weighted by molar-refractivity contribution is -0.535. The lowest BCUT2D eigenvalue weighted by atomic mass is 10.2. The van der Waals surface area contributed by atoms with Gasteiger partial charge in [-0.25, -0.2) is 0 Å². The third-order valence-electron chi connectivity index (χ3n) is 2.17. The first-order valence-corrected chi connectivity index (χ1v) is 7.38. The van der Waals surface area contributed by atoms with E-state index >= 15 is 0 Å². The van der Waals surface area contributed by atoms with E-state index in [4.69, 9.17) is 4.74 Å². The first kappa shape index (κ1) is 12.0. The Morgan fingerprint density at radius 3 is 2.29 bits per heavy atom. The Hall–Kier alpha value is -1.47. The zero-order valence-corrected chi connectivity index (χ0v) is 11.6. The molecule has 0 unspecified atom stereocenters. The van der Waals surface area contributed by atoms with Crippen LogP contribution in [0.4, 0.5) is 0 Å². The van der Waals surface area contributed by atoms with Gasteiger partial charge in [0.05, 0.1) is 7.11 Å². The van der Waals surface area contributed by atoms with Crippen LogP contribution >= 0.6 is 0 Å². The molecule has 0 heterocycles. The van der Waals surface area contributed by atoms with Crippen molar-refractivity contribution in [3.05, 3.63) is 63.7 Å². The van der Waals surface area contributed by atoms with Crippen LogP contribution in [0.2, 0.25) is 0 Å². The fourth-order valence-corrected chi connectivity index (χ4v) is 2.82. The van der Waals surface area contributed by atoms with Gasteiger partial charge in [-0.3, -0.25) is 0 Å².